The van der Waals surface area contributed by atoms with Gasteiger partial charge < -0.3 is 14.2 Å². The molecule has 0 aliphatic heterocycles. The van der Waals surface area contributed by atoms with Crippen molar-refractivity contribution in [1.29, 1.82) is 0 Å². The number of esters is 3. The molecule has 0 heterocycles. The second-order valence-corrected chi connectivity index (χ2v) is 22.0. The predicted octanol–water partition coefficient (Wildman–Crippen LogP) is 22.3. The van der Waals surface area contributed by atoms with Gasteiger partial charge in [0.05, 0.1) is 0 Å². The quantitative estimate of drug-likeness (QED) is 0.0261. The monoisotopic (exact) mass is 1050 g/mol. The Morgan fingerprint density at radius 1 is 0.267 bits per heavy atom. The Kier molecular flexibility index (Phi) is 61.2. The standard InChI is InChI=1S/C69H124O6/c1-4-7-10-13-16-19-21-23-25-27-29-31-32-33-34-35-36-38-39-41-43-45-47-50-53-56-59-62-68(71)74-65-66(64-73-67(70)61-58-55-52-49-18-15-12-9-6-3)75-69(72)63-60-57-54-51-48-46-44-42-40-37-30-28-26-24-22-20-17-14-11-8-5-2/h21-24,27-30,40,42,66H,4-20,25-26,31-39,41,43-65H2,1-3H3/b23-21-,24-22-,29-27-,30-28-,42-40-. The summed E-state index contributed by atoms with van der Waals surface area (Å²) in [5.41, 5.74) is 0. The first-order valence-corrected chi connectivity index (χ1v) is 32.8. The summed E-state index contributed by atoms with van der Waals surface area (Å²) < 4.78 is 16.9. The van der Waals surface area contributed by atoms with Crippen molar-refractivity contribution in [2.75, 3.05) is 13.2 Å². The van der Waals surface area contributed by atoms with Gasteiger partial charge in [-0.2, -0.15) is 0 Å². The van der Waals surface area contributed by atoms with Crippen LogP contribution in [-0.4, -0.2) is 37.2 Å². The summed E-state index contributed by atoms with van der Waals surface area (Å²) in [5.74, 6) is -0.875. The Labute approximate surface area is 466 Å². The lowest BCUT2D eigenvalue weighted by Crippen LogP contribution is -2.30. The third kappa shape index (κ3) is 61.8. The molecule has 0 aliphatic carbocycles. The Morgan fingerprint density at radius 3 is 0.747 bits per heavy atom. The van der Waals surface area contributed by atoms with Crippen LogP contribution in [0.15, 0.2) is 60.8 Å². The summed E-state index contributed by atoms with van der Waals surface area (Å²) >= 11 is 0. The minimum atomic E-state index is -0.779. The lowest BCUT2D eigenvalue weighted by atomic mass is 10.0. The first-order valence-electron chi connectivity index (χ1n) is 32.8. The summed E-state index contributed by atoms with van der Waals surface area (Å²) in [6.07, 6.45) is 81.0. The Balaban J connectivity index is 4.18. The normalized spacial score (nSPS) is 12.4. The van der Waals surface area contributed by atoms with Crippen molar-refractivity contribution >= 4 is 17.9 Å². The van der Waals surface area contributed by atoms with E-state index in [1.54, 1.807) is 0 Å². The topological polar surface area (TPSA) is 78.9 Å². The maximum atomic E-state index is 12.9. The number of carbonyl (C=O) groups excluding carboxylic acids is 3. The Bertz CT molecular complexity index is 1340. The molecule has 0 rings (SSSR count). The van der Waals surface area contributed by atoms with Gasteiger partial charge in [-0.15, -0.1) is 0 Å². The third-order valence-electron chi connectivity index (χ3n) is 14.5. The smallest absolute Gasteiger partial charge is 0.306 e. The molecular weight excluding hydrogens is 925 g/mol. The van der Waals surface area contributed by atoms with Crippen LogP contribution < -0.4 is 0 Å². The lowest BCUT2D eigenvalue weighted by Gasteiger charge is -2.18. The first kappa shape index (κ1) is 72.1. The van der Waals surface area contributed by atoms with Crippen molar-refractivity contribution in [1.82, 2.24) is 0 Å². The molecule has 0 saturated carbocycles. The van der Waals surface area contributed by atoms with Gasteiger partial charge in [-0.1, -0.05) is 293 Å². The number of carbonyl (C=O) groups is 3. The molecule has 75 heavy (non-hydrogen) atoms. The van der Waals surface area contributed by atoms with Crippen LogP contribution in [-0.2, 0) is 28.6 Å². The van der Waals surface area contributed by atoms with E-state index in [9.17, 15) is 14.4 Å². The molecule has 1 unspecified atom stereocenters. The fourth-order valence-electron chi connectivity index (χ4n) is 9.54. The molecule has 0 bridgehead atoms. The zero-order chi connectivity index (χ0) is 54.3. The highest BCUT2D eigenvalue weighted by Gasteiger charge is 2.19. The number of rotatable bonds is 60. The van der Waals surface area contributed by atoms with E-state index in [-0.39, 0.29) is 31.1 Å². The minimum Gasteiger partial charge on any atom is -0.462 e. The maximum absolute atomic E-state index is 12.9. The zero-order valence-electron chi connectivity index (χ0n) is 50.1. The van der Waals surface area contributed by atoms with Crippen molar-refractivity contribution in [3.63, 3.8) is 0 Å². The Hall–Kier alpha value is -2.89. The highest BCUT2D eigenvalue weighted by Crippen LogP contribution is 2.17. The molecule has 0 radical (unpaired) electrons. The molecule has 0 N–H and O–H groups in total. The molecule has 0 aromatic heterocycles. The van der Waals surface area contributed by atoms with Crippen LogP contribution in [0.25, 0.3) is 0 Å². The predicted molar refractivity (Wildman–Crippen MR) is 325 cm³/mol. The number of hydrogen-bond donors (Lipinski definition) is 0. The molecule has 0 saturated heterocycles. The lowest BCUT2D eigenvalue weighted by molar-refractivity contribution is -0.167. The van der Waals surface area contributed by atoms with Crippen LogP contribution in [0.5, 0.6) is 0 Å². The maximum Gasteiger partial charge on any atom is 0.306 e. The second-order valence-electron chi connectivity index (χ2n) is 22.0. The average molecular weight is 1050 g/mol. The van der Waals surface area contributed by atoms with Crippen molar-refractivity contribution in [2.24, 2.45) is 0 Å². The SMILES string of the molecule is CCCCCCC/C=C\C/C=C\C/C=C\CCCCCCCCC(=O)OC(COC(=O)CCCCCCCCCCC)COC(=O)CCCCCCCCCCCCCCCCC/C=C\C/C=C\CCCCCCC. The van der Waals surface area contributed by atoms with E-state index in [0.29, 0.717) is 19.3 Å². The zero-order valence-corrected chi connectivity index (χ0v) is 50.1. The van der Waals surface area contributed by atoms with Crippen LogP contribution >= 0.6 is 0 Å². The van der Waals surface area contributed by atoms with Gasteiger partial charge in [0.15, 0.2) is 6.10 Å². The van der Waals surface area contributed by atoms with Gasteiger partial charge in [0.25, 0.3) is 0 Å². The summed E-state index contributed by atoms with van der Waals surface area (Å²) in [5, 5.41) is 0. The summed E-state index contributed by atoms with van der Waals surface area (Å²) in [6.45, 7) is 6.63. The van der Waals surface area contributed by atoms with Crippen molar-refractivity contribution in [2.45, 2.75) is 348 Å². The van der Waals surface area contributed by atoms with Crippen LogP contribution in [0.2, 0.25) is 0 Å². The molecule has 0 aliphatic rings. The van der Waals surface area contributed by atoms with Gasteiger partial charge in [-0.25, -0.2) is 0 Å². The van der Waals surface area contributed by atoms with Gasteiger partial charge in [0.2, 0.25) is 0 Å². The molecule has 6 heteroatoms. The molecule has 436 valence electrons. The van der Waals surface area contributed by atoms with Crippen LogP contribution in [0, 0.1) is 0 Å². The third-order valence-corrected chi connectivity index (χ3v) is 14.5. The van der Waals surface area contributed by atoms with E-state index in [1.807, 2.05) is 0 Å². The first-order chi connectivity index (χ1) is 37.0. The van der Waals surface area contributed by atoms with Gasteiger partial charge in [-0.3, -0.25) is 14.4 Å². The molecule has 1 atom stereocenters. The Morgan fingerprint density at radius 2 is 0.480 bits per heavy atom. The van der Waals surface area contributed by atoms with E-state index in [4.69, 9.17) is 14.2 Å². The van der Waals surface area contributed by atoms with E-state index in [1.165, 1.54) is 218 Å². The van der Waals surface area contributed by atoms with Crippen LogP contribution in [0.4, 0.5) is 0 Å². The number of hydrogen-bond acceptors (Lipinski definition) is 6. The molecule has 0 aromatic carbocycles. The fourth-order valence-corrected chi connectivity index (χ4v) is 9.54. The number of allylic oxidation sites excluding steroid dienone is 10. The summed E-state index contributed by atoms with van der Waals surface area (Å²) in [4.78, 5) is 38.2. The van der Waals surface area contributed by atoms with Gasteiger partial charge in [-0.05, 0) is 89.9 Å². The molecule has 0 aromatic rings. The number of unbranched alkanes of at least 4 members (excludes halogenated alkanes) is 39. The summed E-state index contributed by atoms with van der Waals surface area (Å²) in [6, 6.07) is 0. The van der Waals surface area contributed by atoms with E-state index in [2.05, 4.69) is 81.5 Å². The van der Waals surface area contributed by atoms with E-state index < -0.39 is 6.10 Å². The van der Waals surface area contributed by atoms with Crippen molar-refractivity contribution < 1.29 is 28.6 Å². The number of ether oxygens (including phenoxy) is 3. The second kappa shape index (κ2) is 63.6. The van der Waals surface area contributed by atoms with E-state index in [0.717, 1.165) is 83.5 Å². The van der Waals surface area contributed by atoms with Crippen LogP contribution in [0.3, 0.4) is 0 Å². The van der Waals surface area contributed by atoms with Gasteiger partial charge in [0.1, 0.15) is 13.2 Å². The fraction of sp³-hybridized carbons (Fsp3) is 0.812. The highest BCUT2D eigenvalue weighted by atomic mass is 16.6. The van der Waals surface area contributed by atoms with Gasteiger partial charge in [0, 0.05) is 19.3 Å². The summed E-state index contributed by atoms with van der Waals surface area (Å²) in [7, 11) is 0. The molecular formula is C69H124O6. The highest BCUT2D eigenvalue weighted by molar-refractivity contribution is 5.71. The van der Waals surface area contributed by atoms with Gasteiger partial charge >= 0.3 is 17.9 Å². The largest absolute Gasteiger partial charge is 0.462 e. The average Bonchev–Trinajstić information content (AvgIpc) is 3.41. The molecule has 0 fully saturated rings. The molecule has 0 amide bonds. The van der Waals surface area contributed by atoms with E-state index >= 15 is 0 Å². The van der Waals surface area contributed by atoms with Crippen molar-refractivity contribution in [3.05, 3.63) is 60.8 Å². The molecule has 0 spiro atoms. The van der Waals surface area contributed by atoms with Crippen molar-refractivity contribution in [3.8, 4) is 0 Å². The minimum absolute atomic E-state index is 0.0764. The molecule has 6 nitrogen and oxygen atoms in total. The van der Waals surface area contributed by atoms with Crippen LogP contribution in [0.1, 0.15) is 342 Å².